The van der Waals surface area contributed by atoms with Gasteiger partial charge in [0.15, 0.2) is 8.32 Å². The Morgan fingerprint density at radius 1 is 1.00 bits per heavy atom. The molecule has 204 valence electrons. The van der Waals surface area contributed by atoms with E-state index in [1.807, 2.05) is 0 Å². The van der Waals surface area contributed by atoms with E-state index >= 15 is 0 Å². The summed E-state index contributed by atoms with van der Waals surface area (Å²) in [6.45, 7) is 28.4. The SMILES string of the molecule is C=C1CCC(O[Si](C)(C)C(C)(C)C)CC1=CC=C1CCCC2(C)C1CCC2C(C)C=CC(C)C(C)C. The highest BCUT2D eigenvalue weighted by Crippen LogP contribution is 2.59. The predicted octanol–water partition coefficient (Wildman–Crippen LogP) is 10.7. The van der Waals surface area contributed by atoms with Crippen LogP contribution in [0.15, 0.2) is 47.6 Å². The third-order valence-corrected chi connectivity index (χ3v) is 15.4. The number of allylic oxidation sites excluding steroid dienone is 6. The van der Waals surface area contributed by atoms with Crippen LogP contribution < -0.4 is 0 Å². The summed E-state index contributed by atoms with van der Waals surface area (Å²) in [6.07, 6.45) is 20.4. The first-order valence-corrected chi connectivity index (χ1v) is 18.0. The second-order valence-corrected chi connectivity index (χ2v) is 19.5. The molecule has 3 aliphatic carbocycles. The van der Waals surface area contributed by atoms with E-state index in [4.69, 9.17) is 4.43 Å². The van der Waals surface area contributed by atoms with Crippen molar-refractivity contribution in [3.8, 4) is 0 Å². The number of fused-ring (bicyclic) bond motifs is 1. The van der Waals surface area contributed by atoms with Crippen molar-refractivity contribution in [3.05, 3.63) is 47.6 Å². The van der Waals surface area contributed by atoms with Crippen molar-refractivity contribution in [3.63, 3.8) is 0 Å². The minimum atomic E-state index is -1.74. The highest BCUT2D eigenvalue weighted by Gasteiger charge is 2.50. The first-order valence-electron chi connectivity index (χ1n) is 15.1. The molecule has 3 saturated carbocycles. The average molecular weight is 511 g/mol. The van der Waals surface area contributed by atoms with Gasteiger partial charge in [-0.3, -0.25) is 0 Å². The van der Waals surface area contributed by atoms with E-state index in [1.54, 1.807) is 5.57 Å². The molecule has 0 heterocycles. The van der Waals surface area contributed by atoms with Crippen LogP contribution in [0.1, 0.15) is 107 Å². The zero-order valence-electron chi connectivity index (χ0n) is 25.5. The van der Waals surface area contributed by atoms with Crippen molar-refractivity contribution in [2.45, 2.75) is 131 Å². The topological polar surface area (TPSA) is 9.23 Å². The molecule has 36 heavy (non-hydrogen) atoms. The summed E-state index contributed by atoms with van der Waals surface area (Å²) in [6, 6.07) is 0. The number of hydrogen-bond acceptors (Lipinski definition) is 1. The summed E-state index contributed by atoms with van der Waals surface area (Å²) >= 11 is 0. The van der Waals surface area contributed by atoms with E-state index in [-0.39, 0.29) is 5.04 Å². The Morgan fingerprint density at radius 3 is 2.33 bits per heavy atom. The fraction of sp³-hybridized carbons (Fsp3) is 0.765. The van der Waals surface area contributed by atoms with Gasteiger partial charge in [-0.05, 0) is 110 Å². The Labute approximate surface area is 226 Å². The largest absolute Gasteiger partial charge is 0.414 e. The van der Waals surface area contributed by atoms with Crippen LogP contribution in [-0.4, -0.2) is 14.4 Å². The van der Waals surface area contributed by atoms with Crippen LogP contribution in [0.5, 0.6) is 0 Å². The molecule has 0 aromatic rings. The minimum Gasteiger partial charge on any atom is -0.414 e. The van der Waals surface area contributed by atoms with Gasteiger partial charge < -0.3 is 4.43 Å². The summed E-state index contributed by atoms with van der Waals surface area (Å²) < 4.78 is 6.82. The van der Waals surface area contributed by atoms with Gasteiger partial charge in [-0.15, -0.1) is 0 Å². The van der Waals surface area contributed by atoms with Crippen LogP contribution in [0.4, 0.5) is 0 Å². The smallest absolute Gasteiger partial charge is 0.192 e. The summed E-state index contributed by atoms with van der Waals surface area (Å²) in [5.41, 5.74) is 4.94. The van der Waals surface area contributed by atoms with Gasteiger partial charge in [-0.2, -0.15) is 0 Å². The molecule has 0 aliphatic heterocycles. The molecule has 0 aromatic carbocycles. The zero-order chi connectivity index (χ0) is 26.9. The summed E-state index contributed by atoms with van der Waals surface area (Å²) in [5.74, 6) is 3.62. The van der Waals surface area contributed by atoms with E-state index in [0.717, 1.165) is 37.0 Å². The maximum absolute atomic E-state index is 6.82. The van der Waals surface area contributed by atoms with E-state index < -0.39 is 8.32 Å². The van der Waals surface area contributed by atoms with E-state index in [2.05, 4.69) is 99.4 Å². The maximum Gasteiger partial charge on any atom is 0.192 e. The highest BCUT2D eigenvalue weighted by atomic mass is 28.4. The third-order valence-electron chi connectivity index (χ3n) is 10.9. The fourth-order valence-electron chi connectivity index (χ4n) is 6.93. The van der Waals surface area contributed by atoms with Crippen molar-refractivity contribution in [2.75, 3.05) is 0 Å². The van der Waals surface area contributed by atoms with Crippen molar-refractivity contribution < 1.29 is 4.43 Å². The standard InChI is InChI=1S/C34H58OSi/c1-24(2)25(3)14-15-27(5)31-20-21-32-28(13-12-22-34(31,32)9)17-18-29-23-30(19-16-26(29)4)35-36(10,11)33(6,7)8/h14-15,17-18,24-25,27,30-32H,4,12-13,16,19-23H2,1-3,5-11H3. The van der Waals surface area contributed by atoms with Crippen LogP contribution in [0.3, 0.4) is 0 Å². The van der Waals surface area contributed by atoms with E-state index in [9.17, 15) is 0 Å². The molecular weight excluding hydrogens is 452 g/mol. The molecule has 3 fully saturated rings. The molecule has 6 atom stereocenters. The summed E-state index contributed by atoms with van der Waals surface area (Å²) in [7, 11) is -1.74. The Kier molecular flexibility index (Phi) is 9.47. The van der Waals surface area contributed by atoms with Crippen LogP contribution in [0.25, 0.3) is 0 Å². The first-order chi connectivity index (χ1) is 16.7. The molecule has 0 spiro atoms. The van der Waals surface area contributed by atoms with Gasteiger partial charge in [-0.25, -0.2) is 0 Å². The van der Waals surface area contributed by atoms with Crippen LogP contribution in [0.2, 0.25) is 18.1 Å². The molecule has 2 heteroatoms. The lowest BCUT2D eigenvalue weighted by atomic mass is 9.61. The van der Waals surface area contributed by atoms with Gasteiger partial charge in [0.25, 0.3) is 0 Å². The van der Waals surface area contributed by atoms with Gasteiger partial charge in [0, 0.05) is 6.10 Å². The second-order valence-electron chi connectivity index (χ2n) is 14.7. The normalized spacial score (nSPS) is 34.1. The van der Waals surface area contributed by atoms with Gasteiger partial charge >= 0.3 is 0 Å². The monoisotopic (exact) mass is 510 g/mol. The number of rotatable bonds is 7. The Morgan fingerprint density at radius 2 is 1.69 bits per heavy atom. The summed E-state index contributed by atoms with van der Waals surface area (Å²) in [4.78, 5) is 0. The lowest BCUT2D eigenvalue weighted by Crippen LogP contribution is -2.44. The van der Waals surface area contributed by atoms with Crippen molar-refractivity contribution in [1.29, 1.82) is 0 Å². The van der Waals surface area contributed by atoms with Gasteiger partial charge in [0.05, 0.1) is 0 Å². The molecule has 1 nitrogen and oxygen atoms in total. The molecule has 0 N–H and O–H groups in total. The van der Waals surface area contributed by atoms with Gasteiger partial charge in [0.2, 0.25) is 0 Å². The Bertz CT molecular complexity index is 866. The van der Waals surface area contributed by atoms with E-state index in [1.165, 1.54) is 43.3 Å². The average Bonchev–Trinajstić information content (AvgIpc) is 3.14. The lowest BCUT2D eigenvalue weighted by molar-refractivity contribution is 0.112. The van der Waals surface area contributed by atoms with Gasteiger partial charge in [-0.1, -0.05) is 97.4 Å². The van der Waals surface area contributed by atoms with E-state index in [0.29, 0.717) is 23.4 Å². The molecule has 3 rings (SSSR count). The molecule has 3 aliphatic rings. The molecule has 0 aromatic heterocycles. The van der Waals surface area contributed by atoms with Crippen LogP contribution in [-0.2, 0) is 4.43 Å². The Balaban J connectivity index is 1.73. The number of hydrogen-bond donors (Lipinski definition) is 0. The lowest BCUT2D eigenvalue weighted by Gasteiger charge is -2.44. The quantitative estimate of drug-likeness (QED) is 0.244. The Hall–Kier alpha value is -0.863. The van der Waals surface area contributed by atoms with Crippen LogP contribution >= 0.6 is 0 Å². The maximum atomic E-state index is 6.82. The predicted molar refractivity (Wildman–Crippen MR) is 162 cm³/mol. The van der Waals surface area contributed by atoms with Gasteiger partial charge in [0.1, 0.15) is 0 Å². The molecular formula is C34H58OSi. The van der Waals surface area contributed by atoms with Crippen molar-refractivity contribution >= 4 is 8.32 Å². The fourth-order valence-corrected chi connectivity index (χ4v) is 8.31. The van der Waals surface area contributed by atoms with Crippen LogP contribution in [0, 0.1) is 35.0 Å². The summed E-state index contributed by atoms with van der Waals surface area (Å²) in [5, 5.41) is 0.262. The molecule has 0 amide bonds. The zero-order valence-corrected chi connectivity index (χ0v) is 26.5. The van der Waals surface area contributed by atoms with Crippen molar-refractivity contribution in [1.82, 2.24) is 0 Å². The second kappa shape index (κ2) is 11.5. The third kappa shape index (κ3) is 6.58. The first kappa shape index (κ1) is 29.7. The molecule has 0 radical (unpaired) electrons. The van der Waals surface area contributed by atoms with Crippen molar-refractivity contribution in [2.24, 2.45) is 35.0 Å². The molecule has 0 saturated heterocycles. The minimum absolute atomic E-state index is 0.262. The molecule has 0 bridgehead atoms. The molecule has 6 unspecified atom stereocenters. The highest BCUT2D eigenvalue weighted by molar-refractivity contribution is 6.74.